The third-order valence-electron chi connectivity index (χ3n) is 3.21. The molecule has 0 aromatic heterocycles. The molecule has 2 amide bonds. The minimum absolute atomic E-state index is 0.00622. The number of hydrogen-bond donors (Lipinski definition) is 2. The number of carbonyl (C=O) groups is 1. The Balaban J connectivity index is 1.72. The van der Waals surface area contributed by atoms with E-state index in [1.165, 1.54) is 6.07 Å². The van der Waals surface area contributed by atoms with E-state index in [9.17, 15) is 17.6 Å². The zero-order chi connectivity index (χ0) is 14.6. The molecule has 1 fully saturated rings. The molecule has 1 aliphatic rings. The fourth-order valence-electron chi connectivity index (χ4n) is 2.16. The summed E-state index contributed by atoms with van der Waals surface area (Å²) in [5, 5.41) is 5.21. The van der Waals surface area contributed by atoms with Gasteiger partial charge in [0.1, 0.15) is 5.82 Å². The van der Waals surface area contributed by atoms with Crippen molar-refractivity contribution < 1.29 is 17.6 Å². The molecular weight excluding hydrogens is 283 g/mol. The fourth-order valence-corrected chi connectivity index (χ4v) is 3.83. The molecule has 2 rings (SSSR count). The standard InChI is InChI=1S/C13H17FN2O3S/c14-12-4-2-1-3-10(12)5-7-15-13(17)16-11-6-8-20(18,19)9-11/h1-4,11H,5-9H2,(H2,15,16,17)/t11-/m1/s1. The summed E-state index contributed by atoms with van der Waals surface area (Å²) >= 11 is 0. The molecule has 0 spiro atoms. The number of urea groups is 1. The van der Waals surface area contributed by atoms with E-state index in [2.05, 4.69) is 10.6 Å². The number of sulfone groups is 1. The number of halogens is 1. The van der Waals surface area contributed by atoms with Crippen molar-refractivity contribution in [2.75, 3.05) is 18.1 Å². The van der Waals surface area contributed by atoms with Crippen molar-refractivity contribution in [2.24, 2.45) is 0 Å². The number of amides is 2. The van der Waals surface area contributed by atoms with Crippen molar-refractivity contribution in [1.29, 1.82) is 0 Å². The second-order valence-electron chi connectivity index (χ2n) is 4.84. The van der Waals surface area contributed by atoms with Crippen molar-refractivity contribution >= 4 is 15.9 Å². The molecule has 110 valence electrons. The minimum Gasteiger partial charge on any atom is -0.338 e. The molecule has 0 saturated carbocycles. The van der Waals surface area contributed by atoms with E-state index < -0.39 is 15.9 Å². The highest BCUT2D eigenvalue weighted by Gasteiger charge is 2.28. The van der Waals surface area contributed by atoms with E-state index in [1.807, 2.05) is 0 Å². The maximum absolute atomic E-state index is 13.3. The smallest absolute Gasteiger partial charge is 0.315 e. The first-order valence-electron chi connectivity index (χ1n) is 6.44. The van der Waals surface area contributed by atoms with Gasteiger partial charge in [0.2, 0.25) is 0 Å². The SMILES string of the molecule is O=C(NCCc1ccccc1F)N[C@@H]1CCS(=O)(=O)C1. The van der Waals surface area contributed by atoms with Crippen LogP contribution in [0.1, 0.15) is 12.0 Å². The van der Waals surface area contributed by atoms with Gasteiger partial charge in [-0.1, -0.05) is 18.2 Å². The van der Waals surface area contributed by atoms with Crippen LogP contribution in [0.3, 0.4) is 0 Å². The van der Waals surface area contributed by atoms with E-state index in [0.717, 1.165) is 0 Å². The van der Waals surface area contributed by atoms with Gasteiger partial charge in [-0.25, -0.2) is 17.6 Å². The average Bonchev–Trinajstić information content (AvgIpc) is 2.71. The number of carbonyl (C=O) groups excluding carboxylic acids is 1. The van der Waals surface area contributed by atoms with E-state index >= 15 is 0 Å². The van der Waals surface area contributed by atoms with Gasteiger partial charge < -0.3 is 10.6 Å². The Morgan fingerprint density at radius 2 is 2.10 bits per heavy atom. The predicted molar refractivity (Wildman–Crippen MR) is 73.7 cm³/mol. The lowest BCUT2D eigenvalue weighted by Crippen LogP contribution is -2.43. The van der Waals surface area contributed by atoms with Crippen LogP contribution in [-0.4, -0.2) is 38.5 Å². The van der Waals surface area contributed by atoms with Gasteiger partial charge in [0, 0.05) is 12.6 Å². The van der Waals surface area contributed by atoms with Gasteiger partial charge in [0.25, 0.3) is 0 Å². The van der Waals surface area contributed by atoms with Crippen molar-refractivity contribution in [2.45, 2.75) is 18.9 Å². The van der Waals surface area contributed by atoms with E-state index in [0.29, 0.717) is 24.9 Å². The van der Waals surface area contributed by atoms with Crippen molar-refractivity contribution in [3.05, 3.63) is 35.6 Å². The Bertz CT molecular complexity index is 589. The second-order valence-corrected chi connectivity index (χ2v) is 7.07. The van der Waals surface area contributed by atoms with Crippen LogP contribution in [0, 0.1) is 5.82 Å². The lowest BCUT2D eigenvalue weighted by atomic mass is 10.1. The Morgan fingerprint density at radius 3 is 2.75 bits per heavy atom. The molecule has 1 atom stereocenters. The highest BCUT2D eigenvalue weighted by Crippen LogP contribution is 2.11. The van der Waals surface area contributed by atoms with Crippen LogP contribution in [0.2, 0.25) is 0 Å². The molecule has 0 unspecified atom stereocenters. The number of rotatable bonds is 4. The molecule has 1 aliphatic heterocycles. The average molecular weight is 300 g/mol. The normalized spacial score (nSPS) is 20.6. The van der Waals surface area contributed by atoms with Crippen molar-refractivity contribution in [3.63, 3.8) is 0 Å². The third kappa shape index (κ3) is 4.19. The minimum atomic E-state index is -3.00. The lowest BCUT2D eigenvalue weighted by molar-refractivity contribution is 0.238. The zero-order valence-corrected chi connectivity index (χ0v) is 11.7. The molecule has 1 aromatic rings. The van der Waals surface area contributed by atoms with Gasteiger partial charge in [-0.2, -0.15) is 0 Å². The Hall–Kier alpha value is -1.63. The van der Waals surface area contributed by atoms with Crippen LogP contribution in [0.25, 0.3) is 0 Å². The van der Waals surface area contributed by atoms with Gasteiger partial charge in [-0.05, 0) is 24.5 Å². The summed E-state index contributed by atoms with van der Waals surface area (Å²) in [6.07, 6.45) is 0.839. The summed E-state index contributed by atoms with van der Waals surface area (Å²) in [5.41, 5.74) is 0.538. The third-order valence-corrected chi connectivity index (χ3v) is 4.97. The summed E-state index contributed by atoms with van der Waals surface area (Å²) in [4.78, 5) is 11.6. The summed E-state index contributed by atoms with van der Waals surface area (Å²) in [5.74, 6) is -0.183. The molecule has 0 radical (unpaired) electrons. The topological polar surface area (TPSA) is 75.3 Å². The summed E-state index contributed by atoms with van der Waals surface area (Å²) in [6, 6.07) is 5.65. The zero-order valence-electron chi connectivity index (χ0n) is 10.9. The number of hydrogen-bond acceptors (Lipinski definition) is 3. The molecule has 1 heterocycles. The van der Waals surface area contributed by atoms with Crippen LogP contribution < -0.4 is 10.6 Å². The predicted octanol–water partition coefficient (Wildman–Crippen LogP) is 0.855. The Morgan fingerprint density at radius 1 is 1.35 bits per heavy atom. The van der Waals surface area contributed by atoms with E-state index in [4.69, 9.17) is 0 Å². The molecule has 0 aliphatic carbocycles. The first kappa shape index (κ1) is 14.8. The second kappa shape index (κ2) is 6.21. The Kier molecular flexibility index (Phi) is 4.59. The van der Waals surface area contributed by atoms with Crippen LogP contribution in [0.5, 0.6) is 0 Å². The van der Waals surface area contributed by atoms with E-state index in [-0.39, 0.29) is 23.4 Å². The quantitative estimate of drug-likeness (QED) is 0.866. The van der Waals surface area contributed by atoms with Gasteiger partial charge >= 0.3 is 6.03 Å². The molecule has 7 heteroatoms. The maximum atomic E-state index is 13.3. The number of benzene rings is 1. The molecule has 1 saturated heterocycles. The summed E-state index contributed by atoms with van der Waals surface area (Å²) in [6.45, 7) is 0.298. The Labute approximate surface area is 117 Å². The molecule has 1 aromatic carbocycles. The molecule has 0 bridgehead atoms. The molecule has 20 heavy (non-hydrogen) atoms. The number of nitrogens with one attached hydrogen (secondary N) is 2. The van der Waals surface area contributed by atoms with Gasteiger partial charge in [-0.3, -0.25) is 0 Å². The van der Waals surface area contributed by atoms with Crippen LogP contribution in [0.4, 0.5) is 9.18 Å². The largest absolute Gasteiger partial charge is 0.338 e. The van der Waals surface area contributed by atoms with Crippen LogP contribution >= 0.6 is 0 Å². The monoisotopic (exact) mass is 300 g/mol. The van der Waals surface area contributed by atoms with Crippen LogP contribution in [0.15, 0.2) is 24.3 Å². The highest BCUT2D eigenvalue weighted by atomic mass is 32.2. The van der Waals surface area contributed by atoms with Crippen molar-refractivity contribution in [1.82, 2.24) is 10.6 Å². The first-order valence-corrected chi connectivity index (χ1v) is 8.26. The first-order chi connectivity index (χ1) is 9.46. The summed E-state index contributed by atoms with van der Waals surface area (Å²) in [7, 11) is -3.00. The summed E-state index contributed by atoms with van der Waals surface area (Å²) < 4.78 is 35.8. The highest BCUT2D eigenvalue weighted by molar-refractivity contribution is 7.91. The van der Waals surface area contributed by atoms with Crippen molar-refractivity contribution in [3.8, 4) is 0 Å². The molecule has 2 N–H and O–H groups in total. The van der Waals surface area contributed by atoms with E-state index in [1.54, 1.807) is 18.2 Å². The van der Waals surface area contributed by atoms with Gasteiger partial charge in [-0.15, -0.1) is 0 Å². The fraction of sp³-hybridized carbons (Fsp3) is 0.462. The maximum Gasteiger partial charge on any atom is 0.315 e. The molecular formula is C13H17FN2O3S. The lowest BCUT2D eigenvalue weighted by Gasteiger charge is -2.12. The molecule has 5 nitrogen and oxygen atoms in total. The van der Waals surface area contributed by atoms with Gasteiger partial charge in [0.05, 0.1) is 11.5 Å². The van der Waals surface area contributed by atoms with Gasteiger partial charge in [0.15, 0.2) is 9.84 Å². The van der Waals surface area contributed by atoms with Crippen LogP contribution in [-0.2, 0) is 16.3 Å².